The molecule has 1 aromatic heterocycles. The van der Waals surface area contributed by atoms with Crippen molar-refractivity contribution in [1.29, 1.82) is 0 Å². The molecule has 0 saturated carbocycles. The van der Waals surface area contributed by atoms with Gasteiger partial charge in [0.1, 0.15) is 22.9 Å². The van der Waals surface area contributed by atoms with Crippen LogP contribution in [0.4, 0.5) is 15.9 Å². The number of carbonyl (C=O) groups is 1. The summed E-state index contributed by atoms with van der Waals surface area (Å²) >= 11 is 3.19. The molecule has 3 rings (SSSR count). The molecule has 0 saturated heterocycles. The van der Waals surface area contributed by atoms with Crippen LogP contribution < -0.4 is 10.1 Å². The summed E-state index contributed by atoms with van der Waals surface area (Å²) in [6, 6.07) is 11.8. The number of nitrogens with one attached hydrogen (secondary N) is 1. The van der Waals surface area contributed by atoms with Crippen LogP contribution in [0, 0.1) is 12.7 Å². The zero-order valence-corrected chi connectivity index (χ0v) is 16.2. The summed E-state index contributed by atoms with van der Waals surface area (Å²) in [6.07, 6.45) is 1.45. The van der Waals surface area contributed by atoms with Gasteiger partial charge in [0, 0.05) is 10.7 Å². The van der Waals surface area contributed by atoms with Gasteiger partial charge in [-0.3, -0.25) is 0 Å². The van der Waals surface area contributed by atoms with Crippen LogP contribution >= 0.6 is 15.9 Å². The maximum atomic E-state index is 14.7. The minimum absolute atomic E-state index is 0.0571. The molecule has 138 valence electrons. The van der Waals surface area contributed by atoms with E-state index in [4.69, 9.17) is 4.74 Å². The van der Waals surface area contributed by atoms with E-state index in [1.165, 1.54) is 18.3 Å². The largest absolute Gasteiger partial charge is 0.497 e. The van der Waals surface area contributed by atoms with Crippen molar-refractivity contribution < 1.29 is 19.0 Å². The lowest BCUT2D eigenvalue weighted by atomic mass is 9.99. The average Bonchev–Trinajstić information content (AvgIpc) is 2.65. The van der Waals surface area contributed by atoms with Crippen LogP contribution in [0.2, 0.25) is 0 Å². The van der Waals surface area contributed by atoms with Gasteiger partial charge in [0.05, 0.1) is 12.8 Å². The van der Waals surface area contributed by atoms with Gasteiger partial charge in [-0.05, 0) is 69.9 Å². The minimum atomic E-state index is -1.16. The van der Waals surface area contributed by atoms with E-state index in [-0.39, 0.29) is 17.1 Å². The number of halogens is 2. The number of rotatable bonds is 5. The van der Waals surface area contributed by atoms with E-state index in [0.717, 1.165) is 16.7 Å². The summed E-state index contributed by atoms with van der Waals surface area (Å²) in [6.45, 7) is 1.85. The smallest absolute Gasteiger partial charge is 0.339 e. The summed E-state index contributed by atoms with van der Waals surface area (Å²) in [7, 11) is 1.57. The molecule has 1 heterocycles. The first kappa shape index (κ1) is 18.8. The average molecular weight is 431 g/mol. The number of carboxylic acids is 1. The summed E-state index contributed by atoms with van der Waals surface area (Å²) in [5, 5.41) is 12.1. The summed E-state index contributed by atoms with van der Waals surface area (Å²) in [4.78, 5) is 15.5. The fourth-order valence-electron chi connectivity index (χ4n) is 2.71. The highest BCUT2D eigenvalue weighted by Crippen LogP contribution is 2.32. The molecular formula is C20H16BrFN2O3. The number of aryl methyl sites for hydroxylation is 1. The normalized spacial score (nSPS) is 10.5. The molecule has 7 heteroatoms. The third-order valence-corrected chi connectivity index (χ3v) is 4.47. The molecule has 0 radical (unpaired) electrons. The Balaban J connectivity index is 2.00. The second-order valence-electron chi connectivity index (χ2n) is 5.86. The Kier molecular flexibility index (Phi) is 5.41. The number of nitrogens with zero attached hydrogens (tertiary/aromatic N) is 1. The quantitative estimate of drug-likeness (QED) is 0.566. The third-order valence-electron chi connectivity index (χ3n) is 4.03. The summed E-state index contributed by atoms with van der Waals surface area (Å²) < 4.78 is 20.5. The lowest BCUT2D eigenvalue weighted by Gasteiger charge is -2.14. The molecule has 0 amide bonds. The predicted molar refractivity (Wildman–Crippen MR) is 105 cm³/mol. The second kappa shape index (κ2) is 7.75. The Morgan fingerprint density at radius 3 is 2.74 bits per heavy atom. The van der Waals surface area contributed by atoms with Crippen LogP contribution in [0.1, 0.15) is 15.9 Å². The molecule has 0 unspecified atom stereocenters. The minimum Gasteiger partial charge on any atom is -0.497 e. The number of hydrogen-bond acceptors (Lipinski definition) is 4. The molecule has 0 aliphatic carbocycles. The maximum absolute atomic E-state index is 14.7. The lowest BCUT2D eigenvalue weighted by Crippen LogP contribution is -2.06. The molecular weight excluding hydrogens is 415 g/mol. The molecule has 0 atom stereocenters. The Morgan fingerprint density at radius 2 is 2.04 bits per heavy atom. The van der Waals surface area contributed by atoms with Crippen LogP contribution in [0.5, 0.6) is 5.75 Å². The van der Waals surface area contributed by atoms with Crippen molar-refractivity contribution in [2.45, 2.75) is 6.92 Å². The monoisotopic (exact) mass is 430 g/mol. The molecule has 3 aromatic rings. The number of methoxy groups -OCH3 is 1. The van der Waals surface area contributed by atoms with Gasteiger partial charge in [-0.1, -0.05) is 12.1 Å². The van der Waals surface area contributed by atoms with Gasteiger partial charge in [-0.15, -0.1) is 0 Å². The lowest BCUT2D eigenvalue weighted by molar-refractivity contribution is 0.0697. The van der Waals surface area contributed by atoms with E-state index in [0.29, 0.717) is 10.2 Å². The number of aromatic nitrogens is 1. The van der Waals surface area contributed by atoms with Crippen molar-refractivity contribution in [1.82, 2.24) is 4.98 Å². The van der Waals surface area contributed by atoms with Gasteiger partial charge in [-0.2, -0.15) is 0 Å². The third kappa shape index (κ3) is 4.09. The van der Waals surface area contributed by atoms with Crippen LogP contribution in [0.3, 0.4) is 0 Å². The first-order chi connectivity index (χ1) is 12.9. The summed E-state index contributed by atoms with van der Waals surface area (Å²) in [5.41, 5.74) is 2.46. The topological polar surface area (TPSA) is 71.5 Å². The van der Waals surface area contributed by atoms with Gasteiger partial charge < -0.3 is 15.2 Å². The zero-order valence-electron chi connectivity index (χ0n) is 14.6. The standard InChI is InChI=1S/C20H16BrFN2O3/c1-11-6-18(24-19-16(20(25)26)8-13(21)10-23-19)17(22)9-15(11)12-4-3-5-14(7-12)27-2/h3-10H,1-2H3,(H,23,24)(H,25,26). The van der Waals surface area contributed by atoms with Crippen LogP contribution in [-0.2, 0) is 0 Å². The Hall–Kier alpha value is -2.93. The van der Waals surface area contributed by atoms with E-state index >= 15 is 0 Å². The van der Waals surface area contributed by atoms with Crippen molar-refractivity contribution in [3.8, 4) is 16.9 Å². The van der Waals surface area contributed by atoms with Crippen molar-refractivity contribution in [2.75, 3.05) is 12.4 Å². The van der Waals surface area contributed by atoms with Gasteiger partial charge in [-0.25, -0.2) is 14.2 Å². The van der Waals surface area contributed by atoms with Crippen molar-refractivity contribution in [2.24, 2.45) is 0 Å². The Morgan fingerprint density at radius 1 is 1.26 bits per heavy atom. The zero-order chi connectivity index (χ0) is 19.6. The number of benzene rings is 2. The highest BCUT2D eigenvalue weighted by molar-refractivity contribution is 9.10. The molecule has 27 heavy (non-hydrogen) atoms. The van der Waals surface area contributed by atoms with Crippen LogP contribution in [0.15, 0.2) is 53.1 Å². The Labute approximate surface area is 164 Å². The fourth-order valence-corrected chi connectivity index (χ4v) is 3.04. The first-order valence-electron chi connectivity index (χ1n) is 7.99. The molecule has 5 nitrogen and oxygen atoms in total. The molecule has 0 aliphatic rings. The van der Waals surface area contributed by atoms with Crippen molar-refractivity contribution in [3.05, 3.63) is 70.1 Å². The summed E-state index contributed by atoms with van der Waals surface area (Å²) in [5.74, 6) is -0.922. The van der Waals surface area contributed by atoms with Gasteiger partial charge in [0.25, 0.3) is 0 Å². The van der Waals surface area contributed by atoms with E-state index in [9.17, 15) is 14.3 Å². The SMILES string of the molecule is COc1cccc(-c2cc(F)c(Nc3ncc(Br)cc3C(=O)O)cc2C)c1. The second-order valence-corrected chi connectivity index (χ2v) is 6.77. The van der Waals surface area contributed by atoms with E-state index < -0.39 is 11.8 Å². The van der Waals surface area contributed by atoms with E-state index in [2.05, 4.69) is 26.2 Å². The van der Waals surface area contributed by atoms with Crippen molar-refractivity contribution in [3.63, 3.8) is 0 Å². The number of aromatic carboxylic acids is 1. The van der Waals surface area contributed by atoms with Crippen LogP contribution in [0.25, 0.3) is 11.1 Å². The highest BCUT2D eigenvalue weighted by Gasteiger charge is 2.16. The fraction of sp³-hybridized carbons (Fsp3) is 0.100. The molecule has 2 aromatic carbocycles. The number of anilines is 2. The van der Waals surface area contributed by atoms with Gasteiger partial charge in [0.2, 0.25) is 0 Å². The predicted octanol–water partition coefficient (Wildman–Crippen LogP) is 5.41. The molecule has 2 N–H and O–H groups in total. The number of hydrogen-bond donors (Lipinski definition) is 2. The molecule has 0 aliphatic heterocycles. The highest BCUT2D eigenvalue weighted by atomic mass is 79.9. The van der Waals surface area contributed by atoms with Crippen LogP contribution in [-0.4, -0.2) is 23.2 Å². The number of carboxylic acid groups (broad SMARTS) is 1. The van der Waals surface area contributed by atoms with Gasteiger partial charge in [0.15, 0.2) is 0 Å². The Bertz CT molecular complexity index is 1020. The first-order valence-corrected chi connectivity index (χ1v) is 8.78. The molecule has 0 bridgehead atoms. The van der Waals surface area contributed by atoms with E-state index in [1.807, 2.05) is 31.2 Å². The van der Waals surface area contributed by atoms with E-state index in [1.54, 1.807) is 13.2 Å². The number of pyridine rings is 1. The maximum Gasteiger partial charge on any atom is 0.339 e. The molecule has 0 fully saturated rings. The van der Waals surface area contributed by atoms with Crippen molar-refractivity contribution >= 4 is 33.4 Å². The number of ether oxygens (including phenoxy) is 1. The van der Waals surface area contributed by atoms with Gasteiger partial charge >= 0.3 is 5.97 Å². The molecule has 0 spiro atoms.